The second-order valence-corrected chi connectivity index (χ2v) is 5.10. The zero-order valence-electron chi connectivity index (χ0n) is 5.41. The van der Waals surface area contributed by atoms with Crippen LogP contribution in [0.5, 0.6) is 0 Å². The lowest BCUT2D eigenvalue weighted by Gasteiger charge is -1.99. The number of hydrogen-bond donors (Lipinski definition) is 2. The number of nitrogens with one attached hydrogen (secondary N) is 2. The van der Waals surface area contributed by atoms with Gasteiger partial charge in [0.05, 0.1) is 5.69 Å². The molecule has 2 heterocycles. The summed E-state index contributed by atoms with van der Waals surface area (Å²) in [7, 11) is 0. The highest BCUT2D eigenvalue weighted by Gasteiger charge is 2.27. The molecule has 1 aromatic heterocycles. The molecule has 0 aromatic carbocycles. The van der Waals surface area contributed by atoms with E-state index in [0.29, 0.717) is 11.5 Å². The molecule has 6 heteroatoms. The lowest BCUT2D eigenvalue weighted by molar-refractivity contribution is 0.591. The average Bonchev–Trinajstić information content (AvgIpc) is 2.21. The zero-order chi connectivity index (χ0) is 7.90. The van der Waals surface area contributed by atoms with Crippen LogP contribution in [0.3, 0.4) is 0 Å². The first-order chi connectivity index (χ1) is 5.17. The first kappa shape index (κ1) is 6.95. The maximum absolute atomic E-state index is 11.2. The van der Waals surface area contributed by atoms with Crippen molar-refractivity contribution in [1.82, 2.24) is 4.98 Å². The van der Waals surface area contributed by atoms with Gasteiger partial charge in [-0.3, -0.25) is 9.65 Å². The Morgan fingerprint density at radius 3 is 3.09 bits per heavy atom. The molecule has 0 amide bonds. The Labute approximate surface area is 68.2 Å². The molecule has 1 aliphatic rings. The van der Waals surface area contributed by atoms with Crippen LogP contribution in [-0.4, -0.2) is 4.98 Å². The van der Waals surface area contributed by atoms with Gasteiger partial charge in [0.15, 0.2) is 5.82 Å². The van der Waals surface area contributed by atoms with Crippen LogP contribution in [0.15, 0.2) is 18.3 Å². The van der Waals surface area contributed by atoms with Crippen molar-refractivity contribution in [3.8, 4) is 0 Å². The molecule has 0 saturated heterocycles. The SMILES string of the molecule is O=P1(Cl)Nc2cccnc2N1. The minimum atomic E-state index is -2.92. The molecule has 1 aliphatic heterocycles. The van der Waals surface area contributed by atoms with Crippen LogP contribution < -0.4 is 10.2 Å². The molecule has 0 radical (unpaired) electrons. The van der Waals surface area contributed by atoms with Gasteiger partial charge in [0, 0.05) is 6.20 Å². The van der Waals surface area contributed by atoms with E-state index in [2.05, 4.69) is 15.2 Å². The van der Waals surface area contributed by atoms with E-state index in [1.54, 1.807) is 18.3 Å². The van der Waals surface area contributed by atoms with E-state index in [9.17, 15) is 4.57 Å². The van der Waals surface area contributed by atoms with Crippen molar-refractivity contribution in [3.05, 3.63) is 18.3 Å². The summed E-state index contributed by atoms with van der Waals surface area (Å²) in [6.07, 6.45) is 1.61. The summed E-state index contributed by atoms with van der Waals surface area (Å²) in [6, 6.07) is 3.51. The van der Waals surface area contributed by atoms with E-state index >= 15 is 0 Å². The van der Waals surface area contributed by atoms with Gasteiger partial charge in [-0.2, -0.15) is 0 Å². The predicted molar refractivity (Wildman–Crippen MR) is 44.9 cm³/mol. The quantitative estimate of drug-likeness (QED) is 0.615. The molecule has 0 fully saturated rings. The summed E-state index contributed by atoms with van der Waals surface area (Å²) in [5.74, 6) is 0.547. The third-order valence-electron chi connectivity index (χ3n) is 1.32. The molecule has 4 nitrogen and oxygen atoms in total. The van der Waals surface area contributed by atoms with Crippen LogP contribution in [0.4, 0.5) is 11.5 Å². The fourth-order valence-corrected chi connectivity index (χ4v) is 2.41. The molecular weight excluding hydrogens is 185 g/mol. The van der Waals surface area contributed by atoms with Gasteiger partial charge < -0.3 is 5.09 Å². The Morgan fingerprint density at radius 1 is 1.55 bits per heavy atom. The second-order valence-electron chi connectivity index (χ2n) is 2.16. The number of pyridine rings is 1. The third-order valence-corrected chi connectivity index (χ3v) is 2.86. The number of nitrogens with zero attached hydrogens (tertiary/aromatic N) is 1. The molecule has 0 bridgehead atoms. The third kappa shape index (κ3) is 1.19. The number of anilines is 2. The van der Waals surface area contributed by atoms with Crippen molar-refractivity contribution < 1.29 is 4.57 Å². The van der Waals surface area contributed by atoms with Gasteiger partial charge in [-0.25, -0.2) is 4.98 Å². The van der Waals surface area contributed by atoms with Crippen LogP contribution in [0.1, 0.15) is 0 Å². The Hall–Kier alpha value is -0.730. The molecule has 1 aromatic rings. The van der Waals surface area contributed by atoms with Crippen LogP contribution in [0, 0.1) is 0 Å². The van der Waals surface area contributed by atoms with Gasteiger partial charge in [-0.05, 0) is 23.4 Å². The number of aromatic nitrogens is 1. The second kappa shape index (κ2) is 2.13. The number of hydrogen-bond acceptors (Lipinski definition) is 2. The molecular formula is C5H5ClN3OP. The van der Waals surface area contributed by atoms with Crippen molar-refractivity contribution >= 4 is 29.5 Å². The first-order valence-electron chi connectivity index (χ1n) is 2.99. The van der Waals surface area contributed by atoms with Gasteiger partial charge in [0.25, 0.3) is 0 Å². The standard InChI is InChI=1S/C5H5ClN3OP/c6-11(10)8-4-2-1-3-7-5(4)9-11/h1-3H,(H2,7,8,9,10). The fourth-order valence-electron chi connectivity index (χ4n) is 0.904. The van der Waals surface area contributed by atoms with Crippen LogP contribution >= 0.6 is 18.0 Å². The first-order valence-corrected chi connectivity index (χ1v) is 5.60. The van der Waals surface area contributed by atoms with Gasteiger partial charge in [0.1, 0.15) is 0 Å². The van der Waals surface area contributed by atoms with Gasteiger partial charge in [0.2, 0.25) is 0 Å². The van der Waals surface area contributed by atoms with E-state index in [1.165, 1.54) is 0 Å². The Bertz CT molecular complexity index is 313. The van der Waals surface area contributed by atoms with Gasteiger partial charge in [-0.1, -0.05) is 0 Å². The van der Waals surface area contributed by atoms with E-state index in [-0.39, 0.29) is 0 Å². The summed E-state index contributed by atoms with van der Waals surface area (Å²) in [5.41, 5.74) is 0.686. The summed E-state index contributed by atoms with van der Waals surface area (Å²) < 4.78 is 11.2. The molecule has 0 spiro atoms. The number of fused-ring (bicyclic) bond motifs is 1. The van der Waals surface area contributed by atoms with E-state index < -0.39 is 6.80 Å². The molecule has 11 heavy (non-hydrogen) atoms. The number of rotatable bonds is 0. The summed E-state index contributed by atoms with van der Waals surface area (Å²) in [5, 5.41) is 5.19. The molecule has 0 saturated carbocycles. The normalized spacial score (nSPS) is 27.0. The summed E-state index contributed by atoms with van der Waals surface area (Å²) in [6.45, 7) is -2.92. The topological polar surface area (TPSA) is 54.0 Å². The largest absolute Gasteiger partial charge is 0.349 e. The highest BCUT2D eigenvalue weighted by atomic mass is 35.7. The van der Waals surface area contributed by atoms with Crippen molar-refractivity contribution in [2.24, 2.45) is 0 Å². The summed E-state index contributed by atoms with van der Waals surface area (Å²) >= 11 is 5.53. The molecule has 1 unspecified atom stereocenters. The minimum absolute atomic E-state index is 0.547. The maximum atomic E-state index is 11.2. The lowest BCUT2D eigenvalue weighted by atomic mass is 10.4. The maximum Gasteiger partial charge on any atom is 0.349 e. The molecule has 58 valence electrons. The predicted octanol–water partition coefficient (Wildman–Crippen LogP) is 2.27. The smallest absolute Gasteiger partial charge is 0.305 e. The highest BCUT2D eigenvalue weighted by molar-refractivity contribution is 7.91. The van der Waals surface area contributed by atoms with Crippen molar-refractivity contribution in [1.29, 1.82) is 0 Å². The molecule has 1 atom stereocenters. The minimum Gasteiger partial charge on any atom is -0.305 e. The van der Waals surface area contributed by atoms with Crippen LogP contribution in [0.2, 0.25) is 0 Å². The van der Waals surface area contributed by atoms with Crippen LogP contribution in [0.25, 0.3) is 0 Å². The molecule has 2 rings (SSSR count). The Kier molecular flexibility index (Phi) is 1.34. The Morgan fingerprint density at radius 2 is 2.36 bits per heavy atom. The lowest BCUT2D eigenvalue weighted by Crippen LogP contribution is -1.87. The van der Waals surface area contributed by atoms with E-state index in [0.717, 1.165) is 0 Å². The monoisotopic (exact) mass is 189 g/mol. The van der Waals surface area contributed by atoms with Gasteiger partial charge >= 0.3 is 6.80 Å². The van der Waals surface area contributed by atoms with Crippen molar-refractivity contribution in [2.45, 2.75) is 0 Å². The highest BCUT2D eigenvalue weighted by Crippen LogP contribution is 2.56. The summed E-state index contributed by atoms with van der Waals surface area (Å²) in [4.78, 5) is 3.92. The number of halogens is 1. The average molecular weight is 190 g/mol. The van der Waals surface area contributed by atoms with Crippen LogP contribution in [-0.2, 0) is 4.57 Å². The van der Waals surface area contributed by atoms with Gasteiger partial charge in [-0.15, -0.1) is 0 Å². The van der Waals surface area contributed by atoms with Crippen molar-refractivity contribution in [3.63, 3.8) is 0 Å². The fraction of sp³-hybridized carbons (Fsp3) is 0. The molecule has 0 aliphatic carbocycles. The van der Waals surface area contributed by atoms with E-state index in [4.69, 9.17) is 11.2 Å². The molecule has 2 N–H and O–H groups in total. The zero-order valence-corrected chi connectivity index (χ0v) is 7.06. The van der Waals surface area contributed by atoms with Crippen molar-refractivity contribution in [2.75, 3.05) is 10.2 Å². The Balaban J connectivity index is 2.49. The van der Waals surface area contributed by atoms with E-state index in [1.807, 2.05) is 0 Å².